The zero-order chi connectivity index (χ0) is 20.2. The Labute approximate surface area is 169 Å². The van der Waals surface area contributed by atoms with Crippen LogP contribution in [-0.4, -0.2) is 23.1 Å². The average Bonchev–Trinajstić information content (AvgIpc) is 2.67. The molecule has 27 heavy (non-hydrogen) atoms. The molecular weight excluding hydrogens is 354 g/mol. The Morgan fingerprint density at radius 1 is 1.07 bits per heavy atom. The second kappa shape index (κ2) is 12.6. The molecule has 0 aliphatic rings. The standard InChI is InChI=1S/C17H25N5S.C4H10/c1-6-13(4)20-17-19-10-12(3)16(22-17)21-14-8-7-11(2)15(9-14)23-18-5;1-3-4-2/h7-10,13,18H,6H2,1-5H3,(H2,19,20,21,22);3-4H2,1-2H3. The third-order valence-corrected chi connectivity index (χ3v) is 4.99. The van der Waals surface area contributed by atoms with E-state index in [0.717, 1.165) is 23.5 Å². The van der Waals surface area contributed by atoms with Crippen LogP contribution in [0.3, 0.4) is 0 Å². The van der Waals surface area contributed by atoms with Crippen molar-refractivity contribution in [3.05, 3.63) is 35.5 Å². The number of unbranched alkanes of at least 4 members (excludes halogenated alkanes) is 1. The highest BCUT2D eigenvalue weighted by atomic mass is 32.2. The van der Waals surface area contributed by atoms with E-state index < -0.39 is 0 Å². The summed E-state index contributed by atoms with van der Waals surface area (Å²) in [7, 11) is 1.92. The van der Waals surface area contributed by atoms with Gasteiger partial charge in [0.15, 0.2) is 0 Å². The van der Waals surface area contributed by atoms with Gasteiger partial charge in [-0.3, -0.25) is 4.72 Å². The summed E-state index contributed by atoms with van der Waals surface area (Å²) in [6.07, 6.45) is 5.51. The maximum Gasteiger partial charge on any atom is 0.224 e. The van der Waals surface area contributed by atoms with E-state index in [4.69, 9.17) is 0 Å². The van der Waals surface area contributed by atoms with Crippen LogP contribution < -0.4 is 15.4 Å². The molecule has 0 saturated heterocycles. The van der Waals surface area contributed by atoms with Gasteiger partial charge in [0.1, 0.15) is 5.82 Å². The molecule has 1 unspecified atom stereocenters. The molecule has 0 aliphatic carbocycles. The first-order valence-corrected chi connectivity index (χ1v) is 10.6. The number of aromatic nitrogens is 2. The monoisotopic (exact) mass is 389 g/mol. The van der Waals surface area contributed by atoms with Crippen molar-refractivity contribution in [1.82, 2.24) is 14.7 Å². The van der Waals surface area contributed by atoms with Gasteiger partial charge in [0.05, 0.1) is 0 Å². The van der Waals surface area contributed by atoms with Gasteiger partial charge in [0.2, 0.25) is 5.95 Å². The van der Waals surface area contributed by atoms with Crippen LogP contribution in [0.5, 0.6) is 0 Å². The fourth-order valence-corrected chi connectivity index (χ4v) is 2.63. The second-order valence-corrected chi connectivity index (χ2v) is 7.64. The number of anilines is 3. The van der Waals surface area contributed by atoms with Gasteiger partial charge in [0, 0.05) is 28.4 Å². The summed E-state index contributed by atoms with van der Waals surface area (Å²) in [4.78, 5) is 10.1. The van der Waals surface area contributed by atoms with Crippen LogP contribution in [-0.2, 0) is 0 Å². The van der Waals surface area contributed by atoms with Crippen molar-refractivity contribution in [2.75, 3.05) is 17.7 Å². The first-order chi connectivity index (χ1) is 12.9. The zero-order valence-electron chi connectivity index (χ0n) is 17.8. The van der Waals surface area contributed by atoms with E-state index in [1.165, 1.54) is 23.3 Å². The number of benzene rings is 1. The molecule has 5 nitrogen and oxygen atoms in total. The Bertz CT molecular complexity index is 688. The van der Waals surface area contributed by atoms with Crippen molar-refractivity contribution in [2.45, 2.75) is 71.7 Å². The van der Waals surface area contributed by atoms with Crippen molar-refractivity contribution in [1.29, 1.82) is 0 Å². The molecule has 2 rings (SSSR count). The molecular formula is C21H35N5S. The number of hydrogen-bond acceptors (Lipinski definition) is 6. The van der Waals surface area contributed by atoms with Gasteiger partial charge in [-0.1, -0.05) is 39.7 Å². The van der Waals surface area contributed by atoms with E-state index in [1.807, 2.05) is 20.2 Å². The Hall–Kier alpha value is -1.79. The predicted molar refractivity (Wildman–Crippen MR) is 120 cm³/mol. The zero-order valence-corrected chi connectivity index (χ0v) is 18.6. The minimum Gasteiger partial charge on any atom is -0.352 e. The Balaban J connectivity index is 0.000000828. The van der Waals surface area contributed by atoms with Crippen LogP contribution >= 0.6 is 11.9 Å². The molecule has 0 saturated carbocycles. The second-order valence-electron chi connectivity index (χ2n) is 6.59. The lowest BCUT2D eigenvalue weighted by Crippen LogP contribution is -2.16. The van der Waals surface area contributed by atoms with E-state index in [1.54, 1.807) is 11.9 Å². The van der Waals surface area contributed by atoms with E-state index >= 15 is 0 Å². The minimum atomic E-state index is 0.351. The predicted octanol–water partition coefficient (Wildman–Crippen LogP) is 6.08. The van der Waals surface area contributed by atoms with Gasteiger partial charge >= 0.3 is 0 Å². The summed E-state index contributed by atoms with van der Waals surface area (Å²) in [5.41, 5.74) is 3.28. The summed E-state index contributed by atoms with van der Waals surface area (Å²) < 4.78 is 3.12. The summed E-state index contributed by atoms with van der Waals surface area (Å²) in [5.74, 6) is 1.49. The fourth-order valence-electron chi connectivity index (χ4n) is 2.00. The number of aryl methyl sites for hydroxylation is 2. The molecule has 150 valence electrons. The van der Waals surface area contributed by atoms with Crippen molar-refractivity contribution < 1.29 is 0 Å². The normalized spacial score (nSPS) is 11.4. The van der Waals surface area contributed by atoms with Gasteiger partial charge in [-0.25, -0.2) is 4.98 Å². The maximum absolute atomic E-state index is 4.60. The topological polar surface area (TPSA) is 61.9 Å². The molecule has 0 bridgehead atoms. The molecule has 2 aromatic rings. The number of rotatable bonds is 8. The number of hydrogen-bond donors (Lipinski definition) is 3. The minimum absolute atomic E-state index is 0.351. The van der Waals surface area contributed by atoms with Crippen LogP contribution in [0.25, 0.3) is 0 Å². The highest BCUT2D eigenvalue weighted by molar-refractivity contribution is 7.97. The van der Waals surface area contributed by atoms with Gasteiger partial charge in [-0.05, 0) is 63.9 Å². The third kappa shape index (κ3) is 8.18. The molecule has 1 aromatic heterocycles. The molecule has 1 aromatic carbocycles. The van der Waals surface area contributed by atoms with Crippen molar-refractivity contribution in [3.8, 4) is 0 Å². The van der Waals surface area contributed by atoms with E-state index in [2.05, 4.69) is 78.1 Å². The van der Waals surface area contributed by atoms with E-state index in [9.17, 15) is 0 Å². The largest absolute Gasteiger partial charge is 0.352 e. The van der Waals surface area contributed by atoms with Gasteiger partial charge in [0.25, 0.3) is 0 Å². The summed E-state index contributed by atoms with van der Waals surface area (Å²) in [6, 6.07) is 6.65. The van der Waals surface area contributed by atoms with Gasteiger partial charge < -0.3 is 10.6 Å². The Morgan fingerprint density at radius 2 is 1.78 bits per heavy atom. The first kappa shape index (κ1) is 23.2. The van der Waals surface area contributed by atoms with Crippen molar-refractivity contribution in [2.24, 2.45) is 0 Å². The molecule has 0 radical (unpaired) electrons. The maximum atomic E-state index is 4.60. The van der Waals surface area contributed by atoms with Gasteiger partial charge in [-0.15, -0.1) is 0 Å². The molecule has 1 atom stereocenters. The summed E-state index contributed by atoms with van der Waals surface area (Å²) >= 11 is 1.61. The van der Waals surface area contributed by atoms with Crippen LogP contribution in [0.1, 0.15) is 58.1 Å². The quantitative estimate of drug-likeness (QED) is 0.476. The fraction of sp³-hybridized carbons (Fsp3) is 0.524. The highest BCUT2D eigenvalue weighted by Gasteiger charge is 2.08. The van der Waals surface area contributed by atoms with Crippen LogP contribution in [0, 0.1) is 13.8 Å². The van der Waals surface area contributed by atoms with E-state index in [0.29, 0.717) is 12.0 Å². The smallest absolute Gasteiger partial charge is 0.224 e. The molecule has 0 amide bonds. The molecule has 0 fully saturated rings. The SMILES string of the molecule is CCC(C)Nc1ncc(C)c(Nc2ccc(C)c(SNC)c2)n1.CCCC. The molecule has 1 heterocycles. The summed E-state index contributed by atoms with van der Waals surface area (Å²) in [5, 5.41) is 6.71. The first-order valence-electron chi connectivity index (χ1n) is 9.76. The van der Waals surface area contributed by atoms with Crippen LogP contribution in [0.2, 0.25) is 0 Å². The Kier molecular flexibility index (Phi) is 10.8. The lowest BCUT2D eigenvalue weighted by Gasteiger charge is -2.15. The van der Waals surface area contributed by atoms with E-state index in [-0.39, 0.29) is 0 Å². The number of nitrogens with one attached hydrogen (secondary N) is 3. The molecule has 3 N–H and O–H groups in total. The molecule has 0 spiro atoms. The third-order valence-electron chi connectivity index (χ3n) is 4.12. The molecule has 0 aliphatic heterocycles. The average molecular weight is 390 g/mol. The van der Waals surface area contributed by atoms with Crippen molar-refractivity contribution >= 4 is 29.4 Å². The van der Waals surface area contributed by atoms with Gasteiger partial charge in [-0.2, -0.15) is 4.98 Å². The molecule has 6 heteroatoms. The lowest BCUT2D eigenvalue weighted by molar-refractivity contribution is 0.752. The summed E-state index contributed by atoms with van der Waals surface area (Å²) in [6.45, 7) is 12.7. The van der Waals surface area contributed by atoms with Crippen molar-refractivity contribution in [3.63, 3.8) is 0 Å². The highest BCUT2D eigenvalue weighted by Crippen LogP contribution is 2.26. The Morgan fingerprint density at radius 3 is 2.37 bits per heavy atom. The lowest BCUT2D eigenvalue weighted by atomic mass is 10.2. The number of nitrogens with zero attached hydrogens (tertiary/aromatic N) is 2. The van der Waals surface area contributed by atoms with Crippen LogP contribution in [0.15, 0.2) is 29.3 Å². The van der Waals surface area contributed by atoms with Crippen LogP contribution in [0.4, 0.5) is 17.5 Å².